The van der Waals surface area contributed by atoms with E-state index >= 15 is 0 Å². The number of aromatic amines is 1. The lowest BCUT2D eigenvalue weighted by Gasteiger charge is -2.18. The summed E-state index contributed by atoms with van der Waals surface area (Å²) < 4.78 is 0. The van der Waals surface area contributed by atoms with Crippen LogP contribution in [0.15, 0.2) is 35.4 Å². The van der Waals surface area contributed by atoms with Gasteiger partial charge < -0.3 is 15.6 Å². The first-order valence-corrected chi connectivity index (χ1v) is 6.45. The second-order valence-electron chi connectivity index (χ2n) is 4.65. The lowest BCUT2D eigenvalue weighted by molar-refractivity contribution is 0.102. The third-order valence-corrected chi connectivity index (χ3v) is 3.21. The molecular weight excluding hydrogens is 256 g/mol. The quantitative estimate of drug-likeness (QED) is 0.769. The fourth-order valence-corrected chi connectivity index (χ4v) is 2.21. The zero-order chi connectivity index (χ0) is 13.9. The molecule has 3 N–H and O–H groups in total. The van der Waals surface area contributed by atoms with Gasteiger partial charge in [-0.1, -0.05) is 0 Å². The number of nitrogens with zero attached hydrogens (tertiary/aromatic N) is 1. The Kier molecular flexibility index (Phi) is 3.20. The van der Waals surface area contributed by atoms with Gasteiger partial charge in [0.1, 0.15) is 5.69 Å². The SMILES string of the molecule is O=C(Nc1ccc2c(c1)CCCN2)c1c[nH]c(=O)cn1. The Morgan fingerprint density at radius 1 is 1.35 bits per heavy atom. The van der Waals surface area contributed by atoms with Crippen molar-refractivity contribution in [3.63, 3.8) is 0 Å². The molecule has 2 aromatic rings. The molecule has 0 radical (unpaired) electrons. The van der Waals surface area contributed by atoms with Crippen LogP contribution in [0.4, 0.5) is 11.4 Å². The highest BCUT2D eigenvalue weighted by atomic mass is 16.2. The molecule has 1 aromatic heterocycles. The van der Waals surface area contributed by atoms with Crippen LogP contribution in [0, 0.1) is 0 Å². The van der Waals surface area contributed by atoms with Crippen LogP contribution in [0.1, 0.15) is 22.5 Å². The highest BCUT2D eigenvalue weighted by Gasteiger charge is 2.11. The van der Waals surface area contributed by atoms with E-state index in [2.05, 4.69) is 20.6 Å². The van der Waals surface area contributed by atoms with Gasteiger partial charge in [-0.2, -0.15) is 0 Å². The smallest absolute Gasteiger partial charge is 0.275 e. The Bertz CT molecular complexity index is 688. The molecule has 102 valence electrons. The van der Waals surface area contributed by atoms with Gasteiger partial charge in [-0.15, -0.1) is 0 Å². The number of carbonyl (C=O) groups is 1. The molecule has 3 rings (SSSR count). The van der Waals surface area contributed by atoms with Gasteiger partial charge >= 0.3 is 0 Å². The van der Waals surface area contributed by atoms with Crippen molar-refractivity contribution in [2.75, 3.05) is 17.2 Å². The van der Waals surface area contributed by atoms with Crippen LogP contribution in [0.25, 0.3) is 0 Å². The van der Waals surface area contributed by atoms with E-state index in [9.17, 15) is 9.59 Å². The molecule has 2 heterocycles. The van der Waals surface area contributed by atoms with Gasteiger partial charge in [0.15, 0.2) is 0 Å². The first kappa shape index (κ1) is 12.4. The number of benzene rings is 1. The van der Waals surface area contributed by atoms with E-state index in [0.29, 0.717) is 0 Å². The fourth-order valence-electron chi connectivity index (χ4n) is 2.21. The van der Waals surface area contributed by atoms with E-state index in [4.69, 9.17) is 0 Å². The van der Waals surface area contributed by atoms with Crippen LogP contribution in [0.3, 0.4) is 0 Å². The van der Waals surface area contributed by atoms with Crippen molar-refractivity contribution >= 4 is 17.3 Å². The zero-order valence-electron chi connectivity index (χ0n) is 10.8. The molecule has 0 atom stereocenters. The number of rotatable bonds is 2. The molecule has 1 aliphatic rings. The molecule has 0 saturated heterocycles. The van der Waals surface area contributed by atoms with E-state index < -0.39 is 0 Å². The number of carbonyl (C=O) groups excluding carboxylic acids is 1. The summed E-state index contributed by atoms with van der Waals surface area (Å²) >= 11 is 0. The van der Waals surface area contributed by atoms with Gasteiger partial charge in [0.25, 0.3) is 11.5 Å². The Morgan fingerprint density at radius 2 is 2.25 bits per heavy atom. The Balaban J connectivity index is 1.79. The normalized spacial score (nSPS) is 13.2. The molecule has 6 heteroatoms. The fraction of sp³-hybridized carbons (Fsp3) is 0.214. The first-order valence-electron chi connectivity index (χ1n) is 6.45. The van der Waals surface area contributed by atoms with Crippen LogP contribution in [-0.2, 0) is 6.42 Å². The van der Waals surface area contributed by atoms with E-state index in [-0.39, 0.29) is 17.2 Å². The number of aromatic nitrogens is 2. The molecule has 0 fully saturated rings. The lowest BCUT2D eigenvalue weighted by atomic mass is 10.0. The maximum absolute atomic E-state index is 12.0. The summed E-state index contributed by atoms with van der Waals surface area (Å²) in [5.41, 5.74) is 2.90. The molecule has 1 amide bonds. The topological polar surface area (TPSA) is 86.9 Å². The summed E-state index contributed by atoms with van der Waals surface area (Å²) in [6, 6.07) is 5.77. The van der Waals surface area contributed by atoms with Gasteiger partial charge in [-0.25, -0.2) is 4.98 Å². The second kappa shape index (κ2) is 5.16. The van der Waals surface area contributed by atoms with Crippen molar-refractivity contribution in [1.82, 2.24) is 9.97 Å². The van der Waals surface area contributed by atoms with Crippen molar-refractivity contribution in [2.24, 2.45) is 0 Å². The minimum atomic E-state index is -0.343. The molecule has 20 heavy (non-hydrogen) atoms. The number of nitrogens with one attached hydrogen (secondary N) is 3. The number of fused-ring (bicyclic) bond motifs is 1. The molecule has 0 spiro atoms. The molecule has 1 aromatic carbocycles. The van der Waals surface area contributed by atoms with E-state index in [1.165, 1.54) is 11.8 Å². The summed E-state index contributed by atoms with van der Waals surface area (Å²) in [5.74, 6) is -0.343. The second-order valence-corrected chi connectivity index (χ2v) is 4.65. The Labute approximate surface area is 115 Å². The first-order chi connectivity index (χ1) is 9.72. The molecule has 1 aliphatic heterocycles. The Hall–Kier alpha value is -2.63. The van der Waals surface area contributed by atoms with Crippen LogP contribution in [-0.4, -0.2) is 22.4 Å². The van der Waals surface area contributed by atoms with Gasteiger partial charge in [-0.05, 0) is 36.6 Å². The maximum Gasteiger partial charge on any atom is 0.275 e. The van der Waals surface area contributed by atoms with Gasteiger partial charge in [0, 0.05) is 24.1 Å². The zero-order valence-corrected chi connectivity index (χ0v) is 10.8. The highest BCUT2D eigenvalue weighted by molar-refractivity contribution is 6.02. The molecule has 6 nitrogen and oxygen atoms in total. The third-order valence-electron chi connectivity index (χ3n) is 3.21. The van der Waals surface area contributed by atoms with E-state index in [1.807, 2.05) is 18.2 Å². The van der Waals surface area contributed by atoms with E-state index in [1.54, 1.807) is 0 Å². The van der Waals surface area contributed by atoms with Crippen molar-refractivity contribution in [1.29, 1.82) is 0 Å². The third kappa shape index (κ3) is 2.54. The van der Waals surface area contributed by atoms with Gasteiger partial charge in [0.2, 0.25) is 0 Å². The number of H-pyrrole nitrogens is 1. The highest BCUT2D eigenvalue weighted by Crippen LogP contribution is 2.25. The van der Waals surface area contributed by atoms with Crippen LogP contribution < -0.4 is 16.2 Å². The summed E-state index contributed by atoms with van der Waals surface area (Å²) in [6.07, 6.45) is 4.48. The maximum atomic E-state index is 12.0. The van der Waals surface area contributed by atoms with Crippen molar-refractivity contribution in [3.05, 3.63) is 52.2 Å². The number of hydrogen-bond acceptors (Lipinski definition) is 4. The van der Waals surface area contributed by atoms with Crippen LogP contribution in [0.2, 0.25) is 0 Å². The monoisotopic (exact) mass is 270 g/mol. The van der Waals surface area contributed by atoms with Crippen LogP contribution >= 0.6 is 0 Å². The molecule has 0 saturated carbocycles. The predicted molar refractivity (Wildman–Crippen MR) is 76.1 cm³/mol. The summed E-state index contributed by atoms with van der Waals surface area (Å²) in [7, 11) is 0. The van der Waals surface area contributed by atoms with Crippen molar-refractivity contribution in [2.45, 2.75) is 12.8 Å². The number of aryl methyl sites for hydroxylation is 1. The molecule has 0 unspecified atom stereocenters. The summed E-state index contributed by atoms with van der Waals surface area (Å²) in [6.45, 7) is 0.986. The van der Waals surface area contributed by atoms with E-state index in [0.717, 1.165) is 37.0 Å². The minimum Gasteiger partial charge on any atom is -0.385 e. The molecular formula is C14H14N4O2. The summed E-state index contributed by atoms with van der Waals surface area (Å²) in [4.78, 5) is 29.1. The van der Waals surface area contributed by atoms with Crippen LogP contribution in [0.5, 0.6) is 0 Å². The van der Waals surface area contributed by atoms with Gasteiger partial charge in [0.05, 0.1) is 6.20 Å². The standard InChI is InChI=1S/C14H14N4O2/c19-13-8-16-12(7-17-13)14(20)18-10-3-4-11-9(6-10)2-1-5-15-11/h3-4,6-8,15H,1-2,5H2,(H,17,19)(H,18,20). The average Bonchev–Trinajstić information content (AvgIpc) is 2.48. The Morgan fingerprint density at radius 3 is 3.05 bits per heavy atom. The molecule has 0 bridgehead atoms. The predicted octanol–water partition coefficient (Wildman–Crippen LogP) is 1.38. The number of anilines is 2. The largest absolute Gasteiger partial charge is 0.385 e. The lowest BCUT2D eigenvalue weighted by Crippen LogP contribution is -2.17. The number of amides is 1. The molecule has 0 aliphatic carbocycles. The number of hydrogen-bond donors (Lipinski definition) is 3. The van der Waals surface area contributed by atoms with Crippen molar-refractivity contribution in [3.8, 4) is 0 Å². The van der Waals surface area contributed by atoms with Crippen molar-refractivity contribution < 1.29 is 4.79 Å². The average molecular weight is 270 g/mol. The van der Waals surface area contributed by atoms with Gasteiger partial charge in [-0.3, -0.25) is 9.59 Å². The summed E-state index contributed by atoms with van der Waals surface area (Å²) in [5, 5.41) is 6.09. The minimum absolute atomic E-state index is 0.181.